The lowest BCUT2D eigenvalue weighted by atomic mass is 10.1. The first-order valence-corrected chi connectivity index (χ1v) is 8.47. The number of nitrogens with zero attached hydrogens (tertiary/aromatic N) is 3. The molecule has 2 aromatic heterocycles. The van der Waals surface area contributed by atoms with Gasteiger partial charge < -0.3 is 13.8 Å². The first-order chi connectivity index (χ1) is 12.8. The first kappa shape index (κ1) is 16.1. The molecule has 26 heavy (non-hydrogen) atoms. The Bertz CT molecular complexity index is 972. The highest BCUT2D eigenvalue weighted by Crippen LogP contribution is 2.23. The summed E-state index contributed by atoms with van der Waals surface area (Å²) in [5.74, 6) is 1.62. The smallest absolute Gasteiger partial charge is 0.157 e. The molecule has 0 spiro atoms. The van der Waals surface area contributed by atoms with E-state index in [0.29, 0.717) is 13.2 Å². The van der Waals surface area contributed by atoms with Crippen LogP contribution < -0.4 is 4.74 Å². The molecule has 0 aliphatic carbocycles. The van der Waals surface area contributed by atoms with Gasteiger partial charge in [0, 0.05) is 17.8 Å². The van der Waals surface area contributed by atoms with E-state index in [-0.39, 0.29) is 0 Å². The molecule has 0 aliphatic rings. The van der Waals surface area contributed by atoms with Crippen LogP contribution in [0, 0.1) is 6.92 Å². The maximum atomic E-state index is 5.82. The lowest BCUT2D eigenvalue weighted by Gasteiger charge is -2.06. The normalized spacial score (nSPS) is 10.8. The highest BCUT2D eigenvalue weighted by Gasteiger charge is 2.08. The highest BCUT2D eigenvalue weighted by molar-refractivity contribution is 5.59. The van der Waals surface area contributed by atoms with Gasteiger partial charge in [0.25, 0.3) is 0 Å². The van der Waals surface area contributed by atoms with Crippen molar-refractivity contribution in [3.8, 4) is 17.0 Å². The molecule has 5 nitrogen and oxygen atoms in total. The van der Waals surface area contributed by atoms with Gasteiger partial charge in [0.2, 0.25) is 0 Å². The topological polar surface area (TPSA) is 53.1 Å². The maximum Gasteiger partial charge on any atom is 0.157 e. The van der Waals surface area contributed by atoms with Crippen LogP contribution in [0.25, 0.3) is 11.3 Å². The Morgan fingerprint density at radius 2 is 1.85 bits per heavy atom. The van der Waals surface area contributed by atoms with Crippen molar-refractivity contribution in [1.82, 2.24) is 14.7 Å². The van der Waals surface area contributed by atoms with Crippen molar-refractivity contribution in [2.75, 3.05) is 0 Å². The molecule has 0 aliphatic heterocycles. The number of hydrogen-bond donors (Lipinski definition) is 0. The SMILES string of the molecule is Cc1cn(Cc2cc(-c3ccc(OCc4ccccc4)cc3)no2)cn1. The minimum atomic E-state index is 0.554. The van der Waals surface area contributed by atoms with Gasteiger partial charge in [0.15, 0.2) is 5.76 Å². The average molecular weight is 345 g/mol. The number of aryl methyl sites for hydroxylation is 1. The van der Waals surface area contributed by atoms with Gasteiger partial charge in [-0.1, -0.05) is 35.5 Å². The van der Waals surface area contributed by atoms with Crippen molar-refractivity contribution in [3.63, 3.8) is 0 Å². The van der Waals surface area contributed by atoms with Crippen molar-refractivity contribution in [2.24, 2.45) is 0 Å². The predicted octanol–water partition coefficient (Wildman–Crippen LogP) is 4.47. The third-order valence-electron chi connectivity index (χ3n) is 4.06. The molecule has 2 heterocycles. The molecular weight excluding hydrogens is 326 g/mol. The van der Waals surface area contributed by atoms with Gasteiger partial charge in [0.05, 0.1) is 18.6 Å². The van der Waals surface area contributed by atoms with Gasteiger partial charge in [-0.15, -0.1) is 0 Å². The first-order valence-electron chi connectivity index (χ1n) is 8.47. The molecular formula is C21H19N3O2. The third kappa shape index (κ3) is 3.83. The predicted molar refractivity (Wildman–Crippen MR) is 98.8 cm³/mol. The molecule has 4 rings (SSSR count). The molecule has 0 radical (unpaired) electrons. The minimum absolute atomic E-state index is 0.554. The van der Waals surface area contributed by atoms with Crippen LogP contribution in [0.2, 0.25) is 0 Å². The van der Waals surface area contributed by atoms with Crippen molar-refractivity contribution in [3.05, 3.63) is 90.2 Å². The number of aromatic nitrogens is 3. The quantitative estimate of drug-likeness (QED) is 0.517. The zero-order chi connectivity index (χ0) is 17.8. The van der Waals surface area contributed by atoms with E-state index in [1.807, 2.05) is 78.4 Å². The van der Waals surface area contributed by atoms with E-state index in [2.05, 4.69) is 10.1 Å². The second-order valence-corrected chi connectivity index (χ2v) is 6.16. The second-order valence-electron chi connectivity index (χ2n) is 6.16. The molecule has 0 unspecified atom stereocenters. The van der Waals surface area contributed by atoms with Gasteiger partial charge in [-0.25, -0.2) is 4.98 Å². The van der Waals surface area contributed by atoms with Crippen LogP contribution in [0.5, 0.6) is 5.75 Å². The maximum absolute atomic E-state index is 5.82. The van der Waals surface area contributed by atoms with Crippen LogP contribution in [0.4, 0.5) is 0 Å². The van der Waals surface area contributed by atoms with Crippen molar-refractivity contribution < 1.29 is 9.26 Å². The van der Waals surface area contributed by atoms with Crippen molar-refractivity contribution >= 4 is 0 Å². The van der Waals surface area contributed by atoms with Crippen molar-refractivity contribution in [1.29, 1.82) is 0 Å². The van der Waals surface area contributed by atoms with E-state index in [4.69, 9.17) is 9.26 Å². The van der Waals surface area contributed by atoms with Crippen LogP contribution in [0.15, 0.2) is 77.7 Å². The fourth-order valence-corrected chi connectivity index (χ4v) is 2.72. The van der Waals surface area contributed by atoms with Gasteiger partial charge >= 0.3 is 0 Å². The summed E-state index contributed by atoms with van der Waals surface area (Å²) in [6.45, 7) is 3.13. The van der Waals surface area contributed by atoms with Crippen LogP contribution in [-0.2, 0) is 13.2 Å². The largest absolute Gasteiger partial charge is 0.489 e. The Hall–Kier alpha value is -3.34. The van der Waals surface area contributed by atoms with Crippen LogP contribution in [0.1, 0.15) is 17.0 Å². The number of ether oxygens (including phenoxy) is 1. The van der Waals surface area contributed by atoms with E-state index >= 15 is 0 Å². The third-order valence-corrected chi connectivity index (χ3v) is 4.06. The minimum Gasteiger partial charge on any atom is -0.489 e. The second kappa shape index (κ2) is 7.27. The summed E-state index contributed by atoms with van der Waals surface area (Å²) in [5.41, 5.74) is 3.93. The Kier molecular flexibility index (Phi) is 4.51. The Labute approximate surface area is 151 Å². The molecule has 0 N–H and O–H groups in total. The van der Waals surface area contributed by atoms with Crippen LogP contribution >= 0.6 is 0 Å². The summed E-state index contributed by atoms with van der Waals surface area (Å²) in [6.07, 6.45) is 3.76. The van der Waals surface area contributed by atoms with Gasteiger partial charge in [-0.05, 0) is 36.8 Å². The Morgan fingerprint density at radius 1 is 1.04 bits per heavy atom. The molecule has 0 bridgehead atoms. The zero-order valence-electron chi connectivity index (χ0n) is 14.5. The lowest BCUT2D eigenvalue weighted by molar-refractivity contribution is 0.306. The summed E-state index contributed by atoms with van der Waals surface area (Å²) in [5, 5.41) is 4.16. The molecule has 130 valence electrons. The van der Waals surface area contributed by atoms with Crippen molar-refractivity contribution in [2.45, 2.75) is 20.1 Å². The molecule has 0 fully saturated rings. The lowest BCUT2D eigenvalue weighted by Crippen LogP contribution is -1.94. The van der Waals surface area contributed by atoms with E-state index < -0.39 is 0 Å². The Balaban J connectivity index is 1.40. The average Bonchev–Trinajstić information content (AvgIpc) is 3.31. The number of hydrogen-bond acceptors (Lipinski definition) is 4. The van der Waals surface area contributed by atoms with Crippen LogP contribution in [0.3, 0.4) is 0 Å². The summed E-state index contributed by atoms with van der Waals surface area (Å²) in [6, 6.07) is 19.9. The molecule has 5 heteroatoms. The summed E-state index contributed by atoms with van der Waals surface area (Å²) in [4.78, 5) is 4.21. The highest BCUT2D eigenvalue weighted by atomic mass is 16.5. The zero-order valence-corrected chi connectivity index (χ0v) is 14.5. The monoisotopic (exact) mass is 345 g/mol. The molecule has 0 saturated heterocycles. The standard InChI is InChI=1S/C21H19N3O2/c1-16-12-24(15-22-16)13-20-11-21(23-26-20)18-7-9-19(10-8-18)25-14-17-5-3-2-4-6-17/h2-12,15H,13-14H2,1H3. The summed E-state index contributed by atoms with van der Waals surface area (Å²) >= 11 is 0. The van der Waals surface area contributed by atoms with E-state index in [1.54, 1.807) is 6.33 Å². The number of benzene rings is 2. The van der Waals surface area contributed by atoms with E-state index in [0.717, 1.165) is 34.0 Å². The van der Waals surface area contributed by atoms with E-state index in [9.17, 15) is 0 Å². The Morgan fingerprint density at radius 3 is 2.58 bits per heavy atom. The molecule has 0 amide bonds. The fourth-order valence-electron chi connectivity index (χ4n) is 2.72. The summed E-state index contributed by atoms with van der Waals surface area (Å²) < 4.78 is 13.2. The molecule has 0 atom stereocenters. The van der Waals surface area contributed by atoms with E-state index in [1.165, 1.54) is 0 Å². The molecule has 4 aromatic rings. The van der Waals surface area contributed by atoms with Gasteiger partial charge in [0.1, 0.15) is 18.1 Å². The van der Waals surface area contributed by atoms with Gasteiger partial charge in [-0.3, -0.25) is 0 Å². The van der Waals surface area contributed by atoms with Gasteiger partial charge in [-0.2, -0.15) is 0 Å². The number of rotatable bonds is 6. The molecule has 0 saturated carbocycles. The fraction of sp³-hybridized carbons (Fsp3) is 0.143. The molecule has 2 aromatic carbocycles. The number of imidazole rings is 1. The summed E-state index contributed by atoms with van der Waals surface area (Å²) in [7, 11) is 0. The van der Waals surface area contributed by atoms with Crippen LogP contribution in [-0.4, -0.2) is 14.7 Å².